The minimum atomic E-state index is -0.642. The molecule has 176 valence electrons. The Morgan fingerprint density at radius 3 is 2.52 bits per heavy atom. The summed E-state index contributed by atoms with van der Waals surface area (Å²) in [6.45, 7) is 5.53. The van der Waals surface area contributed by atoms with E-state index in [1.54, 1.807) is 12.1 Å². The highest BCUT2D eigenvalue weighted by molar-refractivity contribution is 5.66. The molecular formula is C27H31F3N2O. The lowest BCUT2D eigenvalue weighted by molar-refractivity contribution is -0.119. The van der Waals surface area contributed by atoms with Crippen molar-refractivity contribution in [3.63, 3.8) is 0 Å². The molecule has 2 aromatic rings. The van der Waals surface area contributed by atoms with Crippen LogP contribution in [0.1, 0.15) is 31.2 Å². The van der Waals surface area contributed by atoms with Crippen molar-refractivity contribution in [3.05, 3.63) is 71.6 Å². The van der Waals surface area contributed by atoms with Crippen LogP contribution in [0, 0.1) is 34.7 Å². The van der Waals surface area contributed by atoms with Crippen LogP contribution in [0.3, 0.4) is 0 Å². The smallest absolute Gasteiger partial charge is 0.134 e. The quantitative estimate of drug-likeness (QED) is 0.577. The van der Waals surface area contributed by atoms with Crippen molar-refractivity contribution in [2.75, 3.05) is 20.2 Å². The Labute approximate surface area is 193 Å². The molecule has 2 aliphatic carbocycles. The first-order valence-corrected chi connectivity index (χ1v) is 11.8. The van der Waals surface area contributed by atoms with Gasteiger partial charge in [-0.1, -0.05) is 24.8 Å². The molecule has 6 heteroatoms. The van der Waals surface area contributed by atoms with Crippen LogP contribution in [-0.4, -0.2) is 31.8 Å². The summed E-state index contributed by atoms with van der Waals surface area (Å²) in [5.74, 6) is -1.47. The lowest BCUT2D eigenvalue weighted by Gasteiger charge is -2.46. The molecule has 2 saturated carbocycles. The Hall–Kier alpha value is -2.15. The number of benzene rings is 2. The van der Waals surface area contributed by atoms with Crippen molar-refractivity contribution in [3.8, 4) is 11.1 Å². The highest BCUT2D eigenvalue weighted by atomic mass is 19.1. The first kappa shape index (κ1) is 22.6. The molecule has 3 aliphatic rings. The van der Waals surface area contributed by atoms with Gasteiger partial charge in [-0.15, -0.1) is 0 Å². The zero-order valence-corrected chi connectivity index (χ0v) is 19.0. The van der Waals surface area contributed by atoms with E-state index in [9.17, 15) is 8.78 Å². The molecule has 0 amide bonds. The van der Waals surface area contributed by atoms with Gasteiger partial charge in [0.2, 0.25) is 0 Å². The van der Waals surface area contributed by atoms with Crippen LogP contribution in [0.4, 0.5) is 13.2 Å². The van der Waals surface area contributed by atoms with Gasteiger partial charge < -0.3 is 15.8 Å². The molecule has 5 rings (SSSR count). The Bertz CT molecular complexity index is 1070. The molecule has 0 bridgehead atoms. The molecule has 1 aliphatic heterocycles. The maximum Gasteiger partial charge on any atom is 0.134 e. The molecule has 3 fully saturated rings. The van der Waals surface area contributed by atoms with E-state index in [1.807, 2.05) is 7.05 Å². The van der Waals surface area contributed by atoms with Crippen molar-refractivity contribution in [2.45, 2.75) is 43.7 Å². The second-order valence-corrected chi connectivity index (χ2v) is 10.0. The monoisotopic (exact) mass is 456 g/mol. The van der Waals surface area contributed by atoms with E-state index in [0.717, 1.165) is 49.5 Å². The third-order valence-corrected chi connectivity index (χ3v) is 8.43. The van der Waals surface area contributed by atoms with E-state index < -0.39 is 23.1 Å². The van der Waals surface area contributed by atoms with Crippen molar-refractivity contribution in [1.82, 2.24) is 5.32 Å². The lowest BCUT2D eigenvalue weighted by atomic mass is 9.74. The van der Waals surface area contributed by atoms with Crippen molar-refractivity contribution in [2.24, 2.45) is 23.0 Å². The van der Waals surface area contributed by atoms with Gasteiger partial charge in [0.15, 0.2) is 0 Å². The number of nitrogens with two attached hydrogens (primary N) is 1. The number of nitrogens with one attached hydrogen (secondary N) is 1. The van der Waals surface area contributed by atoms with Crippen LogP contribution in [0.15, 0.2) is 48.6 Å². The topological polar surface area (TPSA) is 47.3 Å². The highest BCUT2D eigenvalue weighted by Crippen LogP contribution is 2.64. The van der Waals surface area contributed by atoms with Crippen molar-refractivity contribution < 1.29 is 17.9 Å². The Morgan fingerprint density at radius 2 is 1.91 bits per heavy atom. The summed E-state index contributed by atoms with van der Waals surface area (Å²) in [5, 5.41) is 3.51. The summed E-state index contributed by atoms with van der Waals surface area (Å²) in [7, 11) is 1.97. The van der Waals surface area contributed by atoms with Crippen LogP contribution < -0.4 is 11.1 Å². The first-order chi connectivity index (χ1) is 15.8. The lowest BCUT2D eigenvalue weighted by Crippen LogP contribution is -2.53. The summed E-state index contributed by atoms with van der Waals surface area (Å²) in [4.78, 5) is 0. The zero-order valence-electron chi connectivity index (χ0n) is 19.0. The van der Waals surface area contributed by atoms with Crippen LogP contribution in [0.25, 0.3) is 11.1 Å². The largest absolute Gasteiger partial charge is 0.369 e. The van der Waals surface area contributed by atoms with E-state index in [0.29, 0.717) is 25.1 Å². The maximum absolute atomic E-state index is 15.7. The minimum absolute atomic E-state index is 0.0597. The van der Waals surface area contributed by atoms with Crippen LogP contribution >= 0.6 is 0 Å². The molecule has 1 heterocycles. The van der Waals surface area contributed by atoms with E-state index in [-0.39, 0.29) is 34.4 Å². The molecule has 4 atom stereocenters. The van der Waals surface area contributed by atoms with E-state index in [4.69, 9.17) is 10.5 Å². The molecule has 2 aromatic carbocycles. The van der Waals surface area contributed by atoms with Crippen molar-refractivity contribution >= 4 is 0 Å². The fourth-order valence-corrected chi connectivity index (χ4v) is 6.38. The summed E-state index contributed by atoms with van der Waals surface area (Å²) in [6, 6.07) is 8.32. The molecule has 0 aromatic heterocycles. The number of rotatable bonds is 7. The molecule has 0 radical (unpaired) electrons. The van der Waals surface area contributed by atoms with Gasteiger partial charge in [0.05, 0.1) is 6.61 Å². The number of hydrogen-bond donors (Lipinski definition) is 2. The van der Waals surface area contributed by atoms with Crippen LogP contribution in [0.5, 0.6) is 0 Å². The third kappa shape index (κ3) is 3.63. The normalized spacial score (nSPS) is 29.8. The van der Waals surface area contributed by atoms with Gasteiger partial charge in [-0.25, -0.2) is 13.2 Å². The summed E-state index contributed by atoms with van der Waals surface area (Å²) >= 11 is 0. The zero-order chi connectivity index (χ0) is 23.4. The Balaban J connectivity index is 1.50. The fraction of sp³-hybridized carbons (Fsp3) is 0.481. The third-order valence-electron chi connectivity index (χ3n) is 8.43. The second-order valence-electron chi connectivity index (χ2n) is 10.0. The SMILES string of the molecule is C=C(C1CC2(CC2)[C@H](NC)[C@@H]1Cc1cccc(-c2cc(F)ccc2F)c1F)C1(CN)CCO1. The average molecular weight is 457 g/mol. The molecule has 33 heavy (non-hydrogen) atoms. The Kier molecular flexibility index (Phi) is 5.66. The van der Waals surface area contributed by atoms with Gasteiger partial charge in [-0.2, -0.15) is 0 Å². The fourth-order valence-electron chi connectivity index (χ4n) is 6.38. The molecule has 2 unspecified atom stereocenters. The van der Waals surface area contributed by atoms with Gasteiger partial charge in [0.25, 0.3) is 0 Å². The second kappa shape index (κ2) is 8.26. The van der Waals surface area contributed by atoms with Crippen LogP contribution in [0.2, 0.25) is 0 Å². The molecule has 1 saturated heterocycles. The molecular weight excluding hydrogens is 425 g/mol. The van der Waals surface area contributed by atoms with Crippen LogP contribution in [-0.2, 0) is 11.2 Å². The van der Waals surface area contributed by atoms with Gasteiger partial charge in [0, 0.05) is 30.1 Å². The predicted octanol–water partition coefficient (Wildman–Crippen LogP) is 4.99. The predicted molar refractivity (Wildman–Crippen MR) is 123 cm³/mol. The standard InChI is InChI=1S/C27H31F3N2O/c1-16(27(15-31)10-11-33-27)22-14-26(8-9-26)25(32-2)21(22)12-17-4-3-5-19(24(17)30)20-13-18(28)6-7-23(20)29/h3-7,13,21-22,25,32H,1,8-12,14-15,31H2,2H3/t21-,22?,25-,27?/m1/s1. The van der Waals surface area contributed by atoms with E-state index in [1.165, 1.54) is 6.07 Å². The summed E-state index contributed by atoms with van der Waals surface area (Å²) in [5.41, 5.74) is 7.37. The highest BCUT2D eigenvalue weighted by Gasteiger charge is 2.61. The average Bonchev–Trinajstić information content (AvgIpc) is 3.47. The van der Waals surface area contributed by atoms with E-state index in [2.05, 4.69) is 11.9 Å². The summed E-state index contributed by atoms with van der Waals surface area (Å²) < 4.78 is 49.8. The molecule has 3 nitrogen and oxygen atoms in total. The van der Waals surface area contributed by atoms with Crippen molar-refractivity contribution in [1.29, 1.82) is 0 Å². The molecule has 3 N–H and O–H groups in total. The van der Waals surface area contributed by atoms with Gasteiger partial charge in [0.1, 0.15) is 23.1 Å². The summed E-state index contributed by atoms with van der Waals surface area (Å²) in [6.07, 6.45) is 4.63. The number of hydrogen-bond acceptors (Lipinski definition) is 3. The van der Waals surface area contributed by atoms with Gasteiger partial charge in [-0.05, 0) is 79.3 Å². The van der Waals surface area contributed by atoms with Gasteiger partial charge >= 0.3 is 0 Å². The number of ether oxygens (including phenoxy) is 1. The minimum Gasteiger partial charge on any atom is -0.369 e. The maximum atomic E-state index is 15.7. The Morgan fingerprint density at radius 1 is 1.15 bits per heavy atom. The van der Waals surface area contributed by atoms with Gasteiger partial charge in [-0.3, -0.25) is 0 Å². The first-order valence-electron chi connectivity index (χ1n) is 11.8. The van der Waals surface area contributed by atoms with E-state index >= 15 is 4.39 Å². The molecule has 1 spiro atoms. The number of halogens is 3.